The zero-order chi connectivity index (χ0) is 14.8. The molecule has 20 heavy (non-hydrogen) atoms. The van der Waals surface area contributed by atoms with Crippen LogP contribution >= 0.6 is 0 Å². The molecule has 1 aromatic carbocycles. The summed E-state index contributed by atoms with van der Waals surface area (Å²) in [7, 11) is 0. The zero-order valence-electron chi connectivity index (χ0n) is 12.0. The number of nitrogens with one attached hydrogen (secondary N) is 1. The summed E-state index contributed by atoms with van der Waals surface area (Å²) in [6.45, 7) is 3.64. The summed E-state index contributed by atoms with van der Waals surface area (Å²) >= 11 is 0. The van der Waals surface area contributed by atoms with Gasteiger partial charge in [0.15, 0.2) is 0 Å². The normalized spacial score (nSPS) is 10.1. The van der Waals surface area contributed by atoms with Crippen LogP contribution in [0.15, 0.2) is 30.3 Å². The number of hydrogen-bond donors (Lipinski definition) is 2. The van der Waals surface area contributed by atoms with Crippen LogP contribution in [0.3, 0.4) is 0 Å². The van der Waals surface area contributed by atoms with Crippen LogP contribution in [0.4, 0.5) is 0 Å². The van der Waals surface area contributed by atoms with Gasteiger partial charge in [-0.3, -0.25) is 9.59 Å². The highest BCUT2D eigenvalue weighted by atomic mass is 16.2. The first-order valence-corrected chi connectivity index (χ1v) is 6.89. The van der Waals surface area contributed by atoms with Crippen LogP contribution < -0.4 is 11.1 Å². The van der Waals surface area contributed by atoms with E-state index in [1.807, 2.05) is 30.3 Å². The Balaban J connectivity index is 2.40. The Morgan fingerprint density at radius 3 is 2.55 bits per heavy atom. The Kier molecular flexibility index (Phi) is 7.35. The third-order valence-electron chi connectivity index (χ3n) is 2.97. The van der Waals surface area contributed by atoms with Crippen LogP contribution in [0.2, 0.25) is 0 Å². The highest BCUT2D eigenvalue weighted by molar-refractivity contribution is 5.77. The van der Waals surface area contributed by atoms with Gasteiger partial charge in [-0.1, -0.05) is 30.3 Å². The lowest BCUT2D eigenvalue weighted by molar-refractivity contribution is -0.130. The molecule has 0 heterocycles. The fourth-order valence-electron chi connectivity index (χ4n) is 1.81. The molecular weight excluding hydrogens is 254 g/mol. The van der Waals surface area contributed by atoms with E-state index in [1.165, 1.54) is 6.92 Å². The number of benzene rings is 1. The van der Waals surface area contributed by atoms with Crippen LogP contribution in [0.25, 0.3) is 0 Å². The van der Waals surface area contributed by atoms with Gasteiger partial charge in [0.05, 0.1) is 0 Å². The molecule has 0 atom stereocenters. The molecule has 0 aliphatic rings. The minimum atomic E-state index is -0.0437. The first-order valence-electron chi connectivity index (χ1n) is 6.89. The summed E-state index contributed by atoms with van der Waals surface area (Å²) in [4.78, 5) is 24.9. The van der Waals surface area contributed by atoms with Gasteiger partial charge in [0, 0.05) is 33.0 Å². The van der Waals surface area contributed by atoms with E-state index >= 15 is 0 Å². The van der Waals surface area contributed by atoms with Crippen molar-refractivity contribution >= 4 is 11.8 Å². The van der Waals surface area contributed by atoms with Crippen LogP contribution in [0.1, 0.15) is 25.3 Å². The molecule has 0 aliphatic carbocycles. The van der Waals surface area contributed by atoms with E-state index in [0.717, 1.165) is 12.0 Å². The fourth-order valence-corrected chi connectivity index (χ4v) is 1.81. The Labute approximate surface area is 120 Å². The smallest absolute Gasteiger partial charge is 0.221 e. The van der Waals surface area contributed by atoms with E-state index in [4.69, 9.17) is 5.73 Å². The number of amides is 2. The van der Waals surface area contributed by atoms with Gasteiger partial charge in [0.25, 0.3) is 0 Å². The van der Waals surface area contributed by atoms with E-state index in [2.05, 4.69) is 5.32 Å². The molecule has 1 rings (SSSR count). The maximum atomic E-state index is 11.6. The fraction of sp³-hybridized carbons (Fsp3) is 0.467. The molecule has 0 radical (unpaired) electrons. The SMILES string of the molecule is CC(=O)N(CCC(=O)NCCCN)Cc1ccccc1. The summed E-state index contributed by atoms with van der Waals surface area (Å²) < 4.78 is 0. The molecule has 1 aromatic rings. The third kappa shape index (κ3) is 6.33. The molecule has 0 fully saturated rings. The van der Waals surface area contributed by atoms with E-state index in [1.54, 1.807) is 4.90 Å². The van der Waals surface area contributed by atoms with E-state index < -0.39 is 0 Å². The largest absolute Gasteiger partial charge is 0.356 e. The van der Waals surface area contributed by atoms with Gasteiger partial charge in [-0.15, -0.1) is 0 Å². The molecule has 0 bridgehead atoms. The van der Waals surface area contributed by atoms with Crippen LogP contribution in [-0.2, 0) is 16.1 Å². The van der Waals surface area contributed by atoms with Crippen molar-refractivity contribution in [1.82, 2.24) is 10.2 Å². The van der Waals surface area contributed by atoms with Crippen molar-refractivity contribution in [2.45, 2.75) is 26.3 Å². The molecule has 0 saturated carbocycles. The quantitative estimate of drug-likeness (QED) is 0.693. The number of nitrogens with two attached hydrogens (primary N) is 1. The number of carbonyl (C=O) groups excluding carboxylic acids is 2. The molecule has 0 saturated heterocycles. The van der Waals surface area contributed by atoms with Gasteiger partial charge < -0.3 is 16.0 Å². The molecule has 0 aliphatic heterocycles. The Morgan fingerprint density at radius 2 is 1.95 bits per heavy atom. The molecule has 0 aromatic heterocycles. The maximum Gasteiger partial charge on any atom is 0.221 e. The number of nitrogens with zero attached hydrogens (tertiary/aromatic N) is 1. The lowest BCUT2D eigenvalue weighted by Crippen LogP contribution is -2.34. The second-order valence-corrected chi connectivity index (χ2v) is 4.67. The van der Waals surface area contributed by atoms with Crippen molar-refractivity contribution in [3.63, 3.8) is 0 Å². The van der Waals surface area contributed by atoms with E-state index in [9.17, 15) is 9.59 Å². The van der Waals surface area contributed by atoms with Gasteiger partial charge >= 0.3 is 0 Å². The maximum absolute atomic E-state index is 11.6. The average molecular weight is 277 g/mol. The van der Waals surface area contributed by atoms with Gasteiger partial charge in [0.1, 0.15) is 0 Å². The summed E-state index contributed by atoms with van der Waals surface area (Å²) in [5, 5.41) is 2.78. The Morgan fingerprint density at radius 1 is 1.25 bits per heavy atom. The van der Waals surface area contributed by atoms with Crippen LogP contribution in [-0.4, -0.2) is 36.3 Å². The van der Waals surface area contributed by atoms with Crippen LogP contribution in [0, 0.1) is 0 Å². The Bertz CT molecular complexity index is 420. The van der Waals surface area contributed by atoms with E-state index in [-0.39, 0.29) is 11.8 Å². The second-order valence-electron chi connectivity index (χ2n) is 4.67. The minimum absolute atomic E-state index is 0.0244. The topological polar surface area (TPSA) is 75.4 Å². The molecule has 5 nitrogen and oxygen atoms in total. The zero-order valence-corrected chi connectivity index (χ0v) is 12.0. The molecule has 0 spiro atoms. The van der Waals surface area contributed by atoms with Gasteiger partial charge in [-0.05, 0) is 18.5 Å². The minimum Gasteiger partial charge on any atom is -0.356 e. The molecule has 5 heteroatoms. The van der Waals surface area contributed by atoms with E-state index in [0.29, 0.717) is 32.6 Å². The highest BCUT2D eigenvalue weighted by Crippen LogP contribution is 2.05. The van der Waals surface area contributed by atoms with Crippen molar-refractivity contribution in [2.24, 2.45) is 5.73 Å². The standard InChI is InChI=1S/C15H23N3O2/c1-13(19)18(12-14-6-3-2-4-7-14)11-8-15(20)17-10-5-9-16/h2-4,6-7H,5,8-12,16H2,1H3,(H,17,20). The lowest BCUT2D eigenvalue weighted by atomic mass is 10.2. The monoisotopic (exact) mass is 277 g/mol. The first-order chi connectivity index (χ1) is 9.63. The molecule has 2 amide bonds. The molecular formula is C15H23N3O2. The summed E-state index contributed by atoms with van der Waals surface area (Å²) in [5.74, 6) is -0.0682. The highest BCUT2D eigenvalue weighted by Gasteiger charge is 2.11. The predicted molar refractivity (Wildman–Crippen MR) is 78.8 cm³/mol. The molecule has 3 N–H and O–H groups in total. The number of hydrogen-bond acceptors (Lipinski definition) is 3. The molecule has 110 valence electrons. The summed E-state index contributed by atoms with van der Waals surface area (Å²) in [5.41, 5.74) is 6.42. The lowest BCUT2D eigenvalue weighted by Gasteiger charge is -2.21. The van der Waals surface area contributed by atoms with Gasteiger partial charge in [-0.2, -0.15) is 0 Å². The van der Waals surface area contributed by atoms with Crippen molar-refractivity contribution in [3.05, 3.63) is 35.9 Å². The van der Waals surface area contributed by atoms with Crippen molar-refractivity contribution in [1.29, 1.82) is 0 Å². The average Bonchev–Trinajstić information content (AvgIpc) is 2.44. The molecule has 0 unspecified atom stereocenters. The van der Waals surface area contributed by atoms with Crippen LogP contribution in [0.5, 0.6) is 0 Å². The van der Waals surface area contributed by atoms with Crippen molar-refractivity contribution in [2.75, 3.05) is 19.6 Å². The van der Waals surface area contributed by atoms with Gasteiger partial charge in [-0.25, -0.2) is 0 Å². The Hall–Kier alpha value is -1.88. The van der Waals surface area contributed by atoms with Crippen molar-refractivity contribution in [3.8, 4) is 0 Å². The summed E-state index contributed by atoms with van der Waals surface area (Å²) in [6, 6.07) is 9.75. The van der Waals surface area contributed by atoms with Gasteiger partial charge in [0.2, 0.25) is 11.8 Å². The number of rotatable bonds is 8. The second kappa shape index (κ2) is 9.09. The summed E-state index contributed by atoms with van der Waals surface area (Å²) in [6.07, 6.45) is 1.09. The van der Waals surface area contributed by atoms with Crippen molar-refractivity contribution < 1.29 is 9.59 Å². The third-order valence-corrected chi connectivity index (χ3v) is 2.97. The predicted octanol–water partition coefficient (Wildman–Crippen LogP) is 0.890. The number of carbonyl (C=O) groups is 2. The first kappa shape index (κ1) is 16.2.